The van der Waals surface area contributed by atoms with Gasteiger partial charge in [0.15, 0.2) is 0 Å². The van der Waals surface area contributed by atoms with Gasteiger partial charge in [-0.05, 0) is 60.9 Å². The Morgan fingerprint density at radius 3 is 2.71 bits per heavy atom. The van der Waals surface area contributed by atoms with Gasteiger partial charge in [-0.25, -0.2) is 4.79 Å². The van der Waals surface area contributed by atoms with E-state index in [1.54, 1.807) is 6.92 Å². The number of carbonyl (C=O) groups excluding carboxylic acids is 1. The average Bonchev–Trinajstić information content (AvgIpc) is 2.83. The van der Waals surface area contributed by atoms with E-state index in [-0.39, 0.29) is 22.5 Å². The van der Waals surface area contributed by atoms with Crippen molar-refractivity contribution >= 4 is 51.5 Å². The number of nitrogens with one attached hydrogen (secondary N) is 1. The molecule has 0 radical (unpaired) electrons. The highest BCUT2D eigenvalue weighted by atomic mass is 35.5. The Morgan fingerprint density at radius 1 is 1.33 bits per heavy atom. The summed E-state index contributed by atoms with van der Waals surface area (Å²) in [5, 5.41) is 3.69. The van der Waals surface area contributed by atoms with Crippen LogP contribution < -0.4 is 5.32 Å². The van der Waals surface area contributed by atoms with Gasteiger partial charge in [0.05, 0.1) is 12.2 Å². The summed E-state index contributed by atoms with van der Waals surface area (Å²) in [5.41, 5.74) is 1.63. The first-order chi connectivity index (χ1) is 11.5. The standard InChI is InChI=1S/C15H16Cl2N4O2S/c1-3-23-12(22)10-8-5-4-7(2)6-9(8)24-11(10)18-15-20-13(16)19-14(17)21-15/h7H,3-6H2,1-2H3,(H,18,19,20,21). The molecule has 1 atom stereocenters. The number of esters is 1. The molecule has 128 valence electrons. The summed E-state index contributed by atoms with van der Waals surface area (Å²) < 4.78 is 5.23. The zero-order valence-electron chi connectivity index (χ0n) is 13.2. The van der Waals surface area contributed by atoms with Gasteiger partial charge in [-0.2, -0.15) is 15.0 Å². The van der Waals surface area contributed by atoms with E-state index in [9.17, 15) is 4.79 Å². The zero-order chi connectivity index (χ0) is 17.3. The van der Waals surface area contributed by atoms with Crippen LogP contribution in [0.25, 0.3) is 0 Å². The minimum absolute atomic E-state index is 0.00914. The molecule has 3 rings (SSSR count). The summed E-state index contributed by atoms with van der Waals surface area (Å²) in [6.07, 6.45) is 2.87. The first-order valence-corrected chi connectivity index (χ1v) is 9.21. The van der Waals surface area contributed by atoms with Gasteiger partial charge >= 0.3 is 5.97 Å². The molecule has 1 N–H and O–H groups in total. The van der Waals surface area contributed by atoms with Gasteiger partial charge in [-0.15, -0.1) is 11.3 Å². The maximum absolute atomic E-state index is 12.4. The average molecular weight is 387 g/mol. The topological polar surface area (TPSA) is 77.0 Å². The first-order valence-electron chi connectivity index (χ1n) is 7.63. The van der Waals surface area contributed by atoms with E-state index in [0.29, 0.717) is 23.1 Å². The molecule has 2 heterocycles. The molecule has 0 aliphatic heterocycles. The molecule has 0 bridgehead atoms. The lowest BCUT2D eigenvalue weighted by Gasteiger charge is -2.18. The maximum Gasteiger partial charge on any atom is 0.341 e. The normalized spacial score (nSPS) is 16.6. The smallest absolute Gasteiger partial charge is 0.341 e. The second-order valence-corrected chi connectivity index (χ2v) is 7.38. The molecule has 9 heteroatoms. The molecule has 0 spiro atoms. The number of hydrogen-bond acceptors (Lipinski definition) is 7. The number of carbonyl (C=O) groups is 1. The number of rotatable bonds is 4. The SMILES string of the molecule is CCOC(=O)c1c(Nc2nc(Cl)nc(Cl)n2)sc2c1CCC(C)C2. The van der Waals surface area contributed by atoms with Crippen molar-refractivity contribution in [1.29, 1.82) is 0 Å². The lowest BCUT2D eigenvalue weighted by Crippen LogP contribution is -2.14. The third-order valence-electron chi connectivity index (χ3n) is 3.80. The van der Waals surface area contributed by atoms with Crippen molar-refractivity contribution in [3.63, 3.8) is 0 Å². The Labute approximate surface area is 153 Å². The van der Waals surface area contributed by atoms with E-state index in [1.165, 1.54) is 16.2 Å². The molecule has 0 aromatic carbocycles. The van der Waals surface area contributed by atoms with Crippen LogP contribution in [0.1, 0.15) is 41.1 Å². The van der Waals surface area contributed by atoms with Crippen LogP contribution >= 0.6 is 34.5 Å². The van der Waals surface area contributed by atoms with Gasteiger partial charge in [-0.1, -0.05) is 6.92 Å². The van der Waals surface area contributed by atoms with Crippen LogP contribution in [-0.4, -0.2) is 27.5 Å². The molecule has 0 saturated heterocycles. The highest BCUT2D eigenvalue weighted by Gasteiger charge is 2.28. The van der Waals surface area contributed by atoms with E-state index in [2.05, 4.69) is 27.2 Å². The van der Waals surface area contributed by atoms with Crippen LogP contribution in [-0.2, 0) is 17.6 Å². The summed E-state index contributed by atoms with van der Waals surface area (Å²) in [6.45, 7) is 4.32. The van der Waals surface area contributed by atoms with Crippen LogP contribution in [0.4, 0.5) is 10.9 Å². The summed E-state index contributed by atoms with van der Waals surface area (Å²) in [7, 11) is 0. The third-order valence-corrected chi connectivity index (χ3v) is 5.31. The van der Waals surface area contributed by atoms with Crippen molar-refractivity contribution in [2.24, 2.45) is 5.92 Å². The lowest BCUT2D eigenvalue weighted by atomic mass is 9.88. The second kappa shape index (κ2) is 7.21. The van der Waals surface area contributed by atoms with Crippen molar-refractivity contribution in [3.8, 4) is 0 Å². The monoisotopic (exact) mass is 386 g/mol. The first kappa shape index (κ1) is 17.4. The number of nitrogens with zero attached hydrogens (tertiary/aromatic N) is 3. The molecule has 2 aromatic heterocycles. The minimum atomic E-state index is -0.335. The van der Waals surface area contributed by atoms with E-state index in [4.69, 9.17) is 27.9 Å². The molecule has 1 aliphatic carbocycles. The molecule has 0 amide bonds. The molecule has 0 fully saturated rings. The van der Waals surface area contributed by atoms with Crippen LogP contribution in [0.5, 0.6) is 0 Å². The van der Waals surface area contributed by atoms with Crippen molar-refractivity contribution in [1.82, 2.24) is 15.0 Å². The molecule has 1 unspecified atom stereocenters. The highest BCUT2D eigenvalue weighted by molar-refractivity contribution is 7.16. The van der Waals surface area contributed by atoms with E-state index in [1.807, 2.05) is 0 Å². The number of hydrogen-bond donors (Lipinski definition) is 1. The quantitative estimate of drug-likeness (QED) is 0.789. The summed E-state index contributed by atoms with van der Waals surface area (Å²) in [6, 6.07) is 0. The molecule has 24 heavy (non-hydrogen) atoms. The largest absolute Gasteiger partial charge is 0.462 e. The van der Waals surface area contributed by atoms with Crippen LogP contribution in [0.3, 0.4) is 0 Å². The van der Waals surface area contributed by atoms with Crippen LogP contribution in [0, 0.1) is 5.92 Å². The van der Waals surface area contributed by atoms with Gasteiger partial charge in [0.25, 0.3) is 0 Å². The van der Waals surface area contributed by atoms with Crippen molar-refractivity contribution in [3.05, 3.63) is 26.6 Å². The van der Waals surface area contributed by atoms with Crippen molar-refractivity contribution in [2.45, 2.75) is 33.1 Å². The van der Waals surface area contributed by atoms with E-state index in [0.717, 1.165) is 24.8 Å². The fourth-order valence-electron chi connectivity index (χ4n) is 2.74. The number of halogens is 2. The van der Waals surface area contributed by atoms with Crippen LogP contribution in [0.15, 0.2) is 0 Å². The van der Waals surface area contributed by atoms with Gasteiger partial charge in [0.2, 0.25) is 16.5 Å². The predicted molar refractivity (Wildman–Crippen MR) is 94.6 cm³/mol. The predicted octanol–water partition coefficient (Wildman–Crippen LogP) is 4.29. The number of anilines is 2. The fraction of sp³-hybridized carbons (Fsp3) is 0.467. The van der Waals surface area contributed by atoms with Crippen molar-refractivity contribution in [2.75, 3.05) is 11.9 Å². The molecule has 2 aromatic rings. The summed E-state index contributed by atoms with van der Waals surface area (Å²) in [5.74, 6) is 0.468. The minimum Gasteiger partial charge on any atom is -0.462 e. The Kier molecular flexibility index (Phi) is 5.22. The second-order valence-electron chi connectivity index (χ2n) is 5.60. The molecule has 6 nitrogen and oxygen atoms in total. The third kappa shape index (κ3) is 3.63. The van der Waals surface area contributed by atoms with Crippen molar-refractivity contribution < 1.29 is 9.53 Å². The van der Waals surface area contributed by atoms with E-state index < -0.39 is 0 Å². The maximum atomic E-state index is 12.4. The zero-order valence-corrected chi connectivity index (χ0v) is 15.6. The molecule has 0 saturated carbocycles. The Balaban J connectivity index is 2.01. The molecular weight excluding hydrogens is 371 g/mol. The highest BCUT2D eigenvalue weighted by Crippen LogP contribution is 2.41. The fourth-order valence-corrected chi connectivity index (χ4v) is 4.50. The van der Waals surface area contributed by atoms with Gasteiger partial charge in [-0.3, -0.25) is 0 Å². The number of fused-ring (bicyclic) bond motifs is 1. The number of aromatic nitrogens is 3. The van der Waals surface area contributed by atoms with Gasteiger partial charge < -0.3 is 10.1 Å². The molecule has 1 aliphatic rings. The van der Waals surface area contributed by atoms with E-state index >= 15 is 0 Å². The van der Waals surface area contributed by atoms with Gasteiger partial charge in [0.1, 0.15) is 5.00 Å². The summed E-state index contributed by atoms with van der Waals surface area (Å²) >= 11 is 13.2. The van der Waals surface area contributed by atoms with Gasteiger partial charge in [0, 0.05) is 4.88 Å². The summed E-state index contributed by atoms with van der Waals surface area (Å²) in [4.78, 5) is 25.4. The number of ether oxygens (including phenoxy) is 1. The Hall–Kier alpha value is -1.44. The Bertz CT molecular complexity index is 761. The molecular formula is C15H16Cl2N4O2S. The lowest BCUT2D eigenvalue weighted by molar-refractivity contribution is 0.0526. The number of thiophene rings is 1. The Morgan fingerprint density at radius 2 is 2.04 bits per heavy atom. The van der Waals surface area contributed by atoms with Crippen LogP contribution in [0.2, 0.25) is 10.6 Å².